The highest BCUT2D eigenvalue weighted by molar-refractivity contribution is 5.79. The van der Waals surface area contributed by atoms with Crippen molar-refractivity contribution >= 4 is 5.91 Å². The largest absolute Gasteiger partial charge is 0.339 e. The van der Waals surface area contributed by atoms with Crippen LogP contribution in [0.1, 0.15) is 38.2 Å². The minimum Gasteiger partial charge on any atom is -0.339 e. The lowest BCUT2D eigenvalue weighted by molar-refractivity contribution is -0.134. The number of rotatable bonds is 5. The van der Waals surface area contributed by atoms with Crippen LogP contribution >= 0.6 is 0 Å². The fourth-order valence-electron chi connectivity index (χ4n) is 3.25. The van der Waals surface area contributed by atoms with Crippen LogP contribution in [0, 0.1) is 5.92 Å². The maximum Gasteiger partial charge on any atom is 0.227 e. The first-order valence-electron chi connectivity index (χ1n) is 7.64. The van der Waals surface area contributed by atoms with Gasteiger partial charge in [0.2, 0.25) is 5.91 Å². The van der Waals surface area contributed by atoms with Crippen molar-refractivity contribution in [1.29, 1.82) is 0 Å². The third-order valence-corrected chi connectivity index (χ3v) is 4.34. The first-order valence-corrected chi connectivity index (χ1v) is 7.64. The standard InChI is InChI=1S/C16H25N3O/c1-2-19(15-6-4-3-5-14(15)12-17)16(20)11-13-7-9-18-10-8-13/h7-10,14-15H,2-6,11-12,17H2,1H3. The van der Waals surface area contributed by atoms with Gasteiger partial charge in [0.05, 0.1) is 6.42 Å². The second-order valence-electron chi connectivity index (χ2n) is 5.56. The van der Waals surface area contributed by atoms with Crippen molar-refractivity contribution in [2.24, 2.45) is 11.7 Å². The van der Waals surface area contributed by atoms with Gasteiger partial charge in [-0.05, 0) is 49.9 Å². The maximum absolute atomic E-state index is 12.6. The SMILES string of the molecule is CCN(C(=O)Cc1ccncc1)C1CCCCC1CN. The van der Waals surface area contributed by atoms with Gasteiger partial charge < -0.3 is 10.6 Å². The molecule has 4 heteroatoms. The summed E-state index contributed by atoms with van der Waals surface area (Å²) in [4.78, 5) is 18.6. The Labute approximate surface area is 121 Å². The highest BCUT2D eigenvalue weighted by Gasteiger charge is 2.31. The molecule has 0 radical (unpaired) electrons. The van der Waals surface area contributed by atoms with Crippen molar-refractivity contribution in [1.82, 2.24) is 9.88 Å². The first-order chi connectivity index (χ1) is 9.76. The molecule has 1 fully saturated rings. The zero-order valence-corrected chi connectivity index (χ0v) is 12.3. The van der Waals surface area contributed by atoms with Crippen molar-refractivity contribution in [3.63, 3.8) is 0 Å². The van der Waals surface area contributed by atoms with Gasteiger partial charge >= 0.3 is 0 Å². The van der Waals surface area contributed by atoms with Crippen molar-refractivity contribution in [3.8, 4) is 0 Å². The second-order valence-corrected chi connectivity index (χ2v) is 5.56. The number of nitrogens with zero attached hydrogens (tertiary/aromatic N) is 2. The average molecular weight is 275 g/mol. The molecule has 4 nitrogen and oxygen atoms in total. The predicted octanol–water partition coefficient (Wildman–Crippen LogP) is 1.99. The van der Waals surface area contributed by atoms with Crippen LogP contribution in [0.5, 0.6) is 0 Å². The van der Waals surface area contributed by atoms with Crippen LogP contribution in [-0.2, 0) is 11.2 Å². The summed E-state index contributed by atoms with van der Waals surface area (Å²) in [6, 6.07) is 4.15. The van der Waals surface area contributed by atoms with E-state index in [0.29, 0.717) is 24.9 Å². The van der Waals surface area contributed by atoms with E-state index >= 15 is 0 Å². The number of hydrogen-bond acceptors (Lipinski definition) is 3. The molecule has 1 aromatic rings. The van der Waals surface area contributed by atoms with Crippen molar-refractivity contribution in [3.05, 3.63) is 30.1 Å². The number of amides is 1. The quantitative estimate of drug-likeness (QED) is 0.894. The Balaban J connectivity index is 2.04. The Hall–Kier alpha value is -1.42. The molecule has 2 unspecified atom stereocenters. The first kappa shape index (κ1) is 15.0. The zero-order chi connectivity index (χ0) is 14.4. The molecule has 0 saturated heterocycles. The van der Waals surface area contributed by atoms with Crippen molar-refractivity contribution in [2.45, 2.75) is 45.1 Å². The van der Waals surface area contributed by atoms with E-state index in [4.69, 9.17) is 5.73 Å². The summed E-state index contributed by atoms with van der Waals surface area (Å²) in [5.41, 5.74) is 6.92. The lowest BCUT2D eigenvalue weighted by Gasteiger charge is -2.39. The Morgan fingerprint density at radius 2 is 2.05 bits per heavy atom. The molecule has 0 aliphatic heterocycles. The van der Waals surface area contributed by atoms with E-state index in [-0.39, 0.29) is 5.91 Å². The molecule has 1 amide bonds. The van der Waals surface area contributed by atoms with Gasteiger partial charge in [0.25, 0.3) is 0 Å². The number of aromatic nitrogens is 1. The molecule has 110 valence electrons. The highest BCUT2D eigenvalue weighted by atomic mass is 16.2. The molecule has 2 rings (SSSR count). The van der Waals surface area contributed by atoms with Crippen LogP contribution in [0.25, 0.3) is 0 Å². The molecule has 1 saturated carbocycles. The molecule has 1 aliphatic carbocycles. The number of pyridine rings is 1. The van der Waals surface area contributed by atoms with Crippen molar-refractivity contribution < 1.29 is 4.79 Å². The van der Waals surface area contributed by atoms with Gasteiger partial charge in [0.1, 0.15) is 0 Å². The molecule has 1 aliphatic rings. The van der Waals surface area contributed by atoms with E-state index in [1.165, 1.54) is 12.8 Å². The molecular formula is C16H25N3O. The normalized spacial score (nSPS) is 22.5. The monoisotopic (exact) mass is 275 g/mol. The molecule has 2 N–H and O–H groups in total. The van der Waals surface area contributed by atoms with Gasteiger partial charge in [-0.3, -0.25) is 9.78 Å². The van der Waals surface area contributed by atoms with Crippen LogP contribution < -0.4 is 5.73 Å². The lowest BCUT2D eigenvalue weighted by atomic mass is 9.83. The summed E-state index contributed by atoms with van der Waals surface area (Å²) >= 11 is 0. The lowest BCUT2D eigenvalue weighted by Crippen LogP contribution is -2.48. The molecule has 20 heavy (non-hydrogen) atoms. The summed E-state index contributed by atoms with van der Waals surface area (Å²) in [6.45, 7) is 3.52. The van der Waals surface area contributed by atoms with Gasteiger partial charge in [0.15, 0.2) is 0 Å². The number of likely N-dealkylation sites (N-methyl/N-ethyl adjacent to an activating group) is 1. The second kappa shape index (κ2) is 7.39. The zero-order valence-electron chi connectivity index (χ0n) is 12.3. The van der Waals surface area contributed by atoms with Gasteiger partial charge in [-0.25, -0.2) is 0 Å². The Kier molecular flexibility index (Phi) is 5.53. The molecule has 0 spiro atoms. The van der Waals surface area contributed by atoms with E-state index in [1.54, 1.807) is 12.4 Å². The highest BCUT2D eigenvalue weighted by Crippen LogP contribution is 2.28. The van der Waals surface area contributed by atoms with Crippen LogP contribution in [0.15, 0.2) is 24.5 Å². The summed E-state index contributed by atoms with van der Waals surface area (Å²) in [5, 5.41) is 0. The van der Waals surface area contributed by atoms with Crippen molar-refractivity contribution in [2.75, 3.05) is 13.1 Å². The summed E-state index contributed by atoms with van der Waals surface area (Å²) in [6.07, 6.45) is 8.64. The summed E-state index contributed by atoms with van der Waals surface area (Å²) in [5.74, 6) is 0.675. The number of nitrogens with two attached hydrogens (primary N) is 1. The Morgan fingerprint density at radius 3 is 2.70 bits per heavy atom. The fraction of sp³-hybridized carbons (Fsp3) is 0.625. The minimum atomic E-state index is 0.212. The van der Waals surface area contributed by atoms with E-state index in [1.807, 2.05) is 17.0 Å². The van der Waals surface area contributed by atoms with Gasteiger partial charge in [-0.1, -0.05) is 12.8 Å². The van der Waals surface area contributed by atoms with Crippen LogP contribution in [-0.4, -0.2) is 34.9 Å². The Bertz CT molecular complexity index is 421. The Morgan fingerprint density at radius 1 is 1.35 bits per heavy atom. The smallest absolute Gasteiger partial charge is 0.227 e. The van der Waals surface area contributed by atoms with Crippen LogP contribution in [0.3, 0.4) is 0 Å². The minimum absolute atomic E-state index is 0.212. The summed E-state index contributed by atoms with van der Waals surface area (Å²) < 4.78 is 0. The van der Waals surface area contributed by atoms with Gasteiger partial charge in [-0.2, -0.15) is 0 Å². The van der Waals surface area contributed by atoms with E-state index < -0.39 is 0 Å². The molecule has 1 aromatic heterocycles. The van der Waals surface area contributed by atoms with Gasteiger partial charge in [-0.15, -0.1) is 0 Å². The maximum atomic E-state index is 12.6. The van der Waals surface area contributed by atoms with Crippen LogP contribution in [0.2, 0.25) is 0 Å². The molecular weight excluding hydrogens is 250 g/mol. The van der Waals surface area contributed by atoms with Crippen LogP contribution in [0.4, 0.5) is 0 Å². The predicted molar refractivity (Wildman–Crippen MR) is 80.1 cm³/mol. The van der Waals surface area contributed by atoms with Gasteiger partial charge in [0, 0.05) is 25.0 Å². The summed E-state index contributed by atoms with van der Waals surface area (Å²) in [7, 11) is 0. The third kappa shape index (κ3) is 3.57. The number of hydrogen-bond donors (Lipinski definition) is 1. The number of carbonyl (C=O) groups is 1. The molecule has 1 heterocycles. The molecule has 2 atom stereocenters. The van der Waals surface area contributed by atoms with E-state index in [0.717, 1.165) is 24.9 Å². The molecule has 0 aromatic carbocycles. The fourth-order valence-corrected chi connectivity index (χ4v) is 3.25. The topological polar surface area (TPSA) is 59.2 Å². The van der Waals surface area contributed by atoms with E-state index in [9.17, 15) is 4.79 Å². The average Bonchev–Trinajstić information content (AvgIpc) is 2.49. The third-order valence-electron chi connectivity index (χ3n) is 4.34. The molecule has 0 bridgehead atoms. The van der Waals surface area contributed by atoms with E-state index in [2.05, 4.69) is 11.9 Å². The number of carbonyl (C=O) groups excluding carboxylic acids is 1.